The first-order valence-electron chi connectivity index (χ1n) is 9.52. The summed E-state index contributed by atoms with van der Waals surface area (Å²) in [5.41, 5.74) is 1.96. The van der Waals surface area contributed by atoms with Crippen LogP contribution in [0.25, 0.3) is 10.9 Å². The Morgan fingerprint density at radius 3 is 2.93 bits per heavy atom. The highest BCUT2D eigenvalue weighted by molar-refractivity contribution is 6.04. The van der Waals surface area contributed by atoms with Gasteiger partial charge in [0.25, 0.3) is 11.8 Å². The Bertz CT molecular complexity index is 1080. The van der Waals surface area contributed by atoms with Gasteiger partial charge in [0.1, 0.15) is 11.8 Å². The molecule has 1 aliphatic heterocycles. The van der Waals surface area contributed by atoms with Crippen molar-refractivity contribution < 1.29 is 9.59 Å². The fourth-order valence-electron chi connectivity index (χ4n) is 3.64. The van der Waals surface area contributed by atoms with Gasteiger partial charge in [-0.25, -0.2) is 4.98 Å². The highest BCUT2D eigenvalue weighted by Crippen LogP contribution is 2.19. The number of aromatic nitrogens is 3. The van der Waals surface area contributed by atoms with E-state index in [1.54, 1.807) is 17.0 Å². The molecular formula is C21H20N6O2. The van der Waals surface area contributed by atoms with E-state index in [0.29, 0.717) is 30.9 Å². The van der Waals surface area contributed by atoms with E-state index in [1.165, 1.54) is 6.20 Å². The molecule has 3 heterocycles. The van der Waals surface area contributed by atoms with Crippen LogP contribution in [-0.2, 0) is 0 Å². The van der Waals surface area contributed by atoms with Gasteiger partial charge in [-0.3, -0.25) is 14.7 Å². The molecule has 4 rings (SSSR count). The molecule has 1 aromatic carbocycles. The van der Waals surface area contributed by atoms with Gasteiger partial charge in [0.2, 0.25) is 0 Å². The molecule has 146 valence electrons. The molecule has 2 aromatic heterocycles. The van der Waals surface area contributed by atoms with Crippen LogP contribution in [0.3, 0.4) is 0 Å². The van der Waals surface area contributed by atoms with Crippen molar-refractivity contribution in [2.75, 3.05) is 19.6 Å². The van der Waals surface area contributed by atoms with E-state index < -0.39 is 0 Å². The van der Waals surface area contributed by atoms with Gasteiger partial charge >= 0.3 is 0 Å². The molecule has 2 N–H and O–H groups in total. The van der Waals surface area contributed by atoms with Gasteiger partial charge in [-0.1, -0.05) is 18.2 Å². The summed E-state index contributed by atoms with van der Waals surface area (Å²) in [5, 5.41) is 19.6. The smallest absolute Gasteiger partial charge is 0.272 e. The second-order valence-corrected chi connectivity index (χ2v) is 7.13. The molecule has 0 saturated carbocycles. The highest BCUT2D eigenvalue weighted by atomic mass is 16.2. The van der Waals surface area contributed by atoms with E-state index >= 15 is 0 Å². The minimum Gasteiger partial charge on any atom is -0.350 e. The standard InChI is InChI=1S/C21H20N6O2/c22-10-16-8-7-15(12-23-16)21(29)27-9-3-4-14(13-27)11-24-20(28)19-17-5-1-2-6-18(17)25-26-19/h1-2,5-8,12,14H,3-4,9,11,13H2,(H,24,28)(H,25,26)/t14-/m0/s1. The van der Waals surface area contributed by atoms with Crippen LogP contribution < -0.4 is 5.32 Å². The number of amides is 2. The Labute approximate surface area is 167 Å². The fourth-order valence-corrected chi connectivity index (χ4v) is 3.64. The van der Waals surface area contributed by atoms with E-state index in [-0.39, 0.29) is 23.4 Å². The Hall–Kier alpha value is -3.73. The van der Waals surface area contributed by atoms with Crippen molar-refractivity contribution in [2.24, 2.45) is 5.92 Å². The number of likely N-dealkylation sites (tertiary alicyclic amines) is 1. The molecule has 1 fully saturated rings. The number of carbonyl (C=O) groups excluding carboxylic acids is 2. The number of piperidine rings is 1. The molecule has 29 heavy (non-hydrogen) atoms. The molecule has 1 atom stereocenters. The van der Waals surface area contributed by atoms with Crippen LogP contribution in [0.1, 0.15) is 39.4 Å². The Morgan fingerprint density at radius 2 is 2.14 bits per heavy atom. The van der Waals surface area contributed by atoms with Crippen LogP contribution in [0, 0.1) is 17.2 Å². The Balaban J connectivity index is 1.36. The first kappa shape index (κ1) is 18.6. The molecule has 1 aliphatic rings. The van der Waals surface area contributed by atoms with Crippen molar-refractivity contribution in [1.82, 2.24) is 25.4 Å². The SMILES string of the molecule is N#Cc1ccc(C(=O)N2CCC[C@@H](CNC(=O)c3n[nH]c4ccccc34)C2)cn1. The summed E-state index contributed by atoms with van der Waals surface area (Å²) < 4.78 is 0. The zero-order valence-electron chi connectivity index (χ0n) is 15.8. The third kappa shape index (κ3) is 3.94. The van der Waals surface area contributed by atoms with Crippen molar-refractivity contribution in [2.45, 2.75) is 12.8 Å². The zero-order valence-corrected chi connectivity index (χ0v) is 15.8. The van der Waals surface area contributed by atoms with Crippen LogP contribution in [0.2, 0.25) is 0 Å². The van der Waals surface area contributed by atoms with Gasteiger partial charge in [0.15, 0.2) is 5.69 Å². The van der Waals surface area contributed by atoms with E-state index in [1.807, 2.05) is 30.3 Å². The third-order valence-corrected chi connectivity index (χ3v) is 5.17. The lowest BCUT2D eigenvalue weighted by molar-refractivity contribution is 0.0670. The first-order valence-corrected chi connectivity index (χ1v) is 9.52. The number of hydrogen-bond acceptors (Lipinski definition) is 5. The second-order valence-electron chi connectivity index (χ2n) is 7.13. The van der Waals surface area contributed by atoms with Crippen molar-refractivity contribution in [3.05, 3.63) is 59.5 Å². The van der Waals surface area contributed by atoms with E-state index in [9.17, 15) is 9.59 Å². The van der Waals surface area contributed by atoms with E-state index in [4.69, 9.17) is 5.26 Å². The van der Waals surface area contributed by atoms with Gasteiger partial charge in [0.05, 0.1) is 11.1 Å². The lowest BCUT2D eigenvalue weighted by Crippen LogP contribution is -2.43. The number of pyridine rings is 1. The number of H-pyrrole nitrogens is 1. The monoisotopic (exact) mass is 388 g/mol. The minimum absolute atomic E-state index is 0.101. The van der Waals surface area contributed by atoms with Gasteiger partial charge in [-0.15, -0.1) is 0 Å². The topological polar surface area (TPSA) is 115 Å². The average molecular weight is 388 g/mol. The molecule has 0 unspecified atom stereocenters. The molecule has 0 bridgehead atoms. The van der Waals surface area contributed by atoms with Gasteiger partial charge in [0, 0.05) is 31.2 Å². The predicted molar refractivity (Wildman–Crippen MR) is 106 cm³/mol. The maximum atomic E-state index is 12.7. The number of nitrogens with zero attached hydrogens (tertiary/aromatic N) is 4. The minimum atomic E-state index is -0.220. The normalized spacial score (nSPS) is 16.4. The zero-order chi connectivity index (χ0) is 20.2. The molecule has 2 amide bonds. The number of nitrogens with one attached hydrogen (secondary N) is 2. The van der Waals surface area contributed by atoms with Crippen LogP contribution in [0.15, 0.2) is 42.6 Å². The van der Waals surface area contributed by atoms with E-state index in [2.05, 4.69) is 20.5 Å². The predicted octanol–water partition coefficient (Wildman–Crippen LogP) is 2.11. The van der Waals surface area contributed by atoms with Crippen molar-refractivity contribution in [3.8, 4) is 6.07 Å². The number of rotatable bonds is 4. The summed E-state index contributed by atoms with van der Waals surface area (Å²) in [6.45, 7) is 1.73. The number of fused-ring (bicyclic) bond motifs is 1. The van der Waals surface area contributed by atoms with E-state index in [0.717, 1.165) is 23.7 Å². The van der Waals surface area contributed by atoms with Crippen LogP contribution >= 0.6 is 0 Å². The number of benzene rings is 1. The van der Waals surface area contributed by atoms with Gasteiger partial charge in [-0.2, -0.15) is 10.4 Å². The van der Waals surface area contributed by atoms with Crippen LogP contribution in [0.4, 0.5) is 0 Å². The molecule has 0 radical (unpaired) electrons. The summed E-state index contributed by atoms with van der Waals surface area (Å²) in [5.74, 6) is -0.147. The first-order chi connectivity index (χ1) is 14.2. The number of nitriles is 1. The summed E-state index contributed by atoms with van der Waals surface area (Å²) in [6, 6.07) is 12.6. The molecule has 3 aromatic rings. The van der Waals surface area contributed by atoms with Crippen LogP contribution in [-0.4, -0.2) is 51.5 Å². The summed E-state index contributed by atoms with van der Waals surface area (Å²) >= 11 is 0. The van der Waals surface area contributed by atoms with Crippen molar-refractivity contribution >= 4 is 22.7 Å². The van der Waals surface area contributed by atoms with Crippen LogP contribution in [0.5, 0.6) is 0 Å². The summed E-state index contributed by atoms with van der Waals surface area (Å²) in [6.07, 6.45) is 3.26. The number of aromatic amines is 1. The molecule has 0 spiro atoms. The van der Waals surface area contributed by atoms with Crippen molar-refractivity contribution in [1.29, 1.82) is 5.26 Å². The average Bonchev–Trinajstić information content (AvgIpc) is 3.21. The van der Waals surface area contributed by atoms with Gasteiger partial charge in [-0.05, 0) is 37.0 Å². The maximum Gasteiger partial charge on any atom is 0.272 e. The van der Waals surface area contributed by atoms with Gasteiger partial charge < -0.3 is 10.2 Å². The third-order valence-electron chi connectivity index (χ3n) is 5.17. The second kappa shape index (κ2) is 8.10. The molecular weight excluding hydrogens is 368 g/mol. The summed E-state index contributed by atoms with van der Waals surface area (Å²) in [7, 11) is 0. The Kier molecular flexibility index (Phi) is 5.20. The van der Waals surface area contributed by atoms with Crippen molar-refractivity contribution in [3.63, 3.8) is 0 Å². The fraction of sp³-hybridized carbons (Fsp3) is 0.286. The lowest BCUT2D eigenvalue weighted by atomic mass is 9.97. The number of carbonyl (C=O) groups is 2. The molecule has 1 saturated heterocycles. The lowest BCUT2D eigenvalue weighted by Gasteiger charge is -2.32. The Morgan fingerprint density at radius 1 is 1.28 bits per heavy atom. The maximum absolute atomic E-state index is 12.7. The molecule has 0 aliphatic carbocycles. The number of hydrogen-bond donors (Lipinski definition) is 2. The molecule has 8 nitrogen and oxygen atoms in total. The quantitative estimate of drug-likeness (QED) is 0.710. The summed E-state index contributed by atoms with van der Waals surface area (Å²) in [4.78, 5) is 31.0. The highest BCUT2D eigenvalue weighted by Gasteiger charge is 2.25. The number of para-hydroxylation sites is 1. The largest absolute Gasteiger partial charge is 0.350 e. The molecule has 8 heteroatoms.